The van der Waals surface area contributed by atoms with E-state index in [-0.39, 0.29) is 5.54 Å². The van der Waals surface area contributed by atoms with Gasteiger partial charge in [0.05, 0.1) is 0 Å². The molecule has 2 N–H and O–H groups in total. The molecule has 0 saturated heterocycles. The standard InChI is InChI=1S/C15H34N2/c1-8-14(6)15(7,11-16)17(9-12(2)3)10-13(4)5/h12-14H,8-11,16H2,1-7H3. The fourth-order valence-corrected chi connectivity index (χ4v) is 2.45. The van der Waals surface area contributed by atoms with Crippen LogP contribution in [0, 0.1) is 17.8 Å². The molecule has 0 rings (SSSR count). The Kier molecular flexibility index (Phi) is 7.34. The molecule has 2 unspecified atom stereocenters. The predicted octanol–water partition coefficient (Wildman–Crippen LogP) is 3.36. The van der Waals surface area contributed by atoms with Crippen molar-refractivity contribution in [1.82, 2.24) is 4.90 Å². The maximum Gasteiger partial charge on any atom is 0.0329 e. The van der Waals surface area contributed by atoms with Gasteiger partial charge >= 0.3 is 0 Å². The average Bonchev–Trinajstić information content (AvgIpc) is 2.24. The summed E-state index contributed by atoms with van der Waals surface area (Å²) in [5.74, 6) is 2.04. The second-order valence-electron chi connectivity index (χ2n) is 6.56. The number of rotatable bonds is 8. The van der Waals surface area contributed by atoms with E-state index >= 15 is 0 Å². The van der Waals surface area contributed by atoms with Gasteiger partial charge in [0.25, 0.3) is 0 Å². The van der Waals surface area contributed by atoms with E-state index in [9.17, 15) is 0 Å². The summed E-state index contributed by atoms with van der Waals surface area (Å²) >= 11 is 0. The summed E-state index contributed by atoms with van der Waals surface area (Å²) in [5, 5.41) is 0. The maximum atomic E-state index is 6.09. The van der Waals surface area contributed by atoms with Gasteiger partial charge in [-0.25, -0.2) is 0 Å². The van der Waals surface area contributed by atoms with E-state index in [2.05, 4.69) is 53.4 Å². The highest BCUT2D eigenvalue weighted by molar-refractivity contribution is 4.92. The molecule has 0 saturated carbocycles. The van der Waals surface area contributed by atoms with Crippen molar-refractivity contribution in [3.8, 4) is 0 Å². The number of nitrogens with two attached hydrogens (primary N) is 1. The zero-order valence-corrected chi connectivity index (χ0v) is 13.1. The first-order valence-electron chi connectivity index (χ1n) is 7.23. The second kappa shape index (κ2) is 7.38. The molecule has 17 heavy (non-hydrogen) atoms. The highest BCUT2D eigenvalue weighted by atomic mass is 15.2. The van der Waals surface area contributed by atoms with Gasteiger partial charge in [0.2, 0.25) is 0 Å². The maximum absolute atomic E-state index is 6.09. The predicted molar refractivity (Wildman–Crippen MR) is 78.2 cm³/mol. The largest absolute Gasteiger partial charge is 0.329 e. The molecule has 0 aromatic carbocycles. The van der Waals surface area contributed by atoms with Gasteiger partial charge in [-0.05, 0) is 24.7 Å². The van der Waals surface area contributed by atoms with Gasteiger partial charge in [-0.3, -0.25) is 4.90 Å². The quantitative estimate of drug-likeness (QED) is 0.707. The van der Waals surface area contributed by atoms with Gasteiger partial charge in [0.15, 0.2) is 0 Å². The Balaban J connectivity index is 4.94. The van der Waals surface area contributed by atoms with Crippen LogP contribution in [0.3, 0.4) is 0 Å². The molecule has 0 aliphatic rings. The fraction of sp³-hybridized carbons (Fsp3) is 1.00. The Labute approximate surface area is 109 Å². The minimum Gasteiger partial charge on any atom is -0.329 e. The molecule has 0 radical (unpaired) electrons. The summed E-state index contributed by atoms with van der Waals surface area (Å²) in [4.78, 5) is 2.62. The topological polar surface area (TPSA) is 29.3 Å². The van der Waals surface area contributed by atoms with E-state index in [4.69, 9.17) is 5.73 Å². The first kappa shape index (κ1) is 16.9. The Morgan fingerprint density at radius 3 is 1.65 bits per heavy atom. The van der Waals surface area contributed by atoms with Crippen LogP contribution < -0.4 is 5.73 Å². The number of hydrogen-bond acceptors (Lipinski definition) is 2. The van der Waals surface area contributed by atoms with Crippen LogP contribution >= 0.6 is 0 Å². The van der Waals surface area contributed by atoms with Gasteiger partial charge in [0, 0.05) is 25.2 Å². The molecule has 2 atom stereocenters. The summed E-state index contributed by atoms with van der Waals surface area (Å²) in [6.07, 6.45) is 1.19. The van der Waals surface area contributed by atoms with Gasteiger partial charge < -0.3 is 5.73 Å². The average molecular weight is 242 g/mol. The smallest absolute Gasteiger partial charge is 0.0329 e. The molecule has 2 heteroatoms. The van der Waals surface area contributed by atoms with Crippen molar-refractivity contribution in [2.24, 2.45) is 23.5 Å². The van der Waals surface area contributed by atoms with Crippen molar-refractivity contribution >= 4 is 0 Å². The van der Waals surface area contributed by atoms with E-state index in [1.165, 1.54) is 6.42 Å². The van der Waals surface area contributed by atoms with Crippen LogP contribution in [0.25, 0.3) is 0 Å². The Morgan fingerprint density at radius 2 is 1.41 bits per heavy atom. The van der Waals surface area contributed by atoms with Gasteiger partial charge in [-0.1, -0.05) is 48.0 Å². The third-order valence-electron chi connectivity index (χ3n) is 3.98. The van der Waals surface area contributed by atoms with Crippen molar-refractivity contribution in [3.05, 3.63) is 0 Å². The summed E-state index contributed by atoms with van der Waals surface area (Å²) in [6, 6.07) is 0. The van der Waals surface area contributed by atoms with Crippen molar-refractivity contribution in [2.45, 2.75) is 60.4 Å². The molecule has 0 aliphatic heterocycles. The van der Waals surface area contributed by atoms with Crippen LogP contribution in [0.2, 0.25) is 0 Å². The summed E-state index contributed by atoms with van der Waals surface area (Å²) in [6.45, 7) is 19.2. The van der Waals surface area contributed by atoms with Crippen LogP contribution in [0.15, 0.2) is 0 Å². The highest BCUT2D eigenvalue weighted by Crippen LogP contribution is 2.28. The minimum absolute atomic E-state index is 0.142. The molecule has 0 aliphatic carbocycles. The molecule has 0 spiro atoms. The fourth-order valence-electron chi connectivity index (χ4n) is 2.45. The lowest BCUT2D eigenvalue weighted by Gasteiger charge is -2.46. The summed E-state index contributed by atoms with van der Waals surface area (Å²) in [7, 11) is 0. The Bertz CT molecular complexity index is 191. The normalized spacial score (nSPS) is 17.8. The van der Waals surface area contributed by atoms with E-state index in [0.29, 0.717) is 17.8 Å². The van der Waals surface area contributed by atoms with Crippen LogP contribution in [-0.2, 0) is 0 Å². The van der Waals surface area contributed by atoms with E-state index in [1.54, 1.807) is 0 Å². The van der Waals surface area contributed by atoms with E-state index in [1.807, 2.05) is 0 Å². The molecule has 0 amide bonds. The molecule has 0 aromatic heterocycles. The third kappa shape index (κ3) is 4.97. The second-order valence-corrected chi connectivity index (χ2v) is 6.56. The van der Waals surface area contributed by atoms with E-state index in [0.717, 1.165) is 19.6 Å². The SMILES string of the molecule is CCC(C)C(C)(CN)N(CC(C)C)CC(C)C. The molecular formula is C15H34N2. The molecule has 0 bridgehead atoms. The number of nitrogens with zero attached hydrogens (tertiary/aromatic N) is 1. The Morgan fingerprint density at radius 1 is 1.00 bits per heavy atom. The van der Waals surface area contributed by atoms with Crippen molar-refractivity contribution in [1.29, 1.82) is 0 Å². The van der Waals surface area contributed by atoms with Crippen molar-refractivity contribution in [3.63, 3.8) is 0 Å². The lowest BCUT2D eigenvalue weighted by Crippen LogP contribution is -2.57. The van der Waals surface area contributed by atoms with E-state index < -0.39 is 0 Å². The summed E-state index contributed by atoms with van der Waals surface area (Å²) in [5.41, 5.74) is 6.24. The molecule has 2 nitrogen and oxygen atoms in total. The van der Waals surface area contributed by atoms with Crippen LogP contribution in [0.1, 0.15) is 54.9 Å². The first-order chi connectivity index (χ1) is 7.77. The highest BCUT2D eigenvalue weighted by Gasteiger charge is 2.35. The molecular weight excluding hydrogens is 208 g/mol. The summed E-state index contributed by atoms with van der Waals surface area (Å²) < 4.78 is 0. The lowest BCUT2D eigenvalue weighted by molar-refractivity contribution is 0.0375. The van der Waals surface area contributed by atoms with Crippen molar-refractivity contribution in [2.75, 3.05) is 19.6 Å². The van der Waals surface area contributed by atoms with Crippen molar-refractivity contribution < 1.29 is 0 Å². The van der Waals surface area contributed by atoms with Gasteiger partial charge in [0.1, 0.15) is 0 Å². The Hall–Kier alpha value is -0.0800. The third-order valence-corrected chi connectivity index (χ3v) is 3.98. The van der Waals surface area contributed by atoms with Crippen LogP contribution in [0.5, 0.6) is 0 Å². The molecule has 104 valence electrons. The first-order valence-corrected chi connectivity index (χ1v) is 7.23. The zero-order valence-electron chi connectivity index (χ0n) is 13.1. The monoisotopic (exact) mass is 242 g/mol. The van der Waals surface area contributed by atoms with Gasteiger partial charge in [-0.2, -0.15) is 0 Å². The molecule has 0 fully saturated rings. The number of hydrogen-bond donors (Lipinski definition) is 1. The molecule has 0 aromatic rings. The van der Waals surface area contributed by atoms with Gasteiger partial charge in [-0.15, -0.1) is 0 Å². The zero-order chi connectivity index (χ0) is 13.6. The lowest BCUT2D eigenvalue weighted by atomic mass is 9.82. The van der Waals surface area contributed by atoms with Crippen LogP contribution in [-0.4, -0.2) is 30.1 Å². The van der Waals surface area contributed by atoms with Crippen LogP contribution in [0.4, 0.5) is 0 Å². The minimum atomic E-state index is 0.142. The molecule has 0 heterocycles.